The SMILES string of the molecule is O=C1C2=CCCC2Oc2ccccc21. The average molecular weight is 186 g/mol. The van der Waals surface area contributed by atoms with Crippen LogP contribution in [0.3, 0.4) is 0 Å². The van der Waals surface area contributed by atoms with Crippen LogP contribution in [0, 0.1) is 0 Å². The van der Waals surface area contributed by atoms with Gasteiger partial charge in [-0.15, -0.1) is 0 Å². The van der Waals surface area contributed by atoms with E-state index in [1.54, 1.807) is 0 Å². The number of para-hydroxylation sites is 1. The molecule has 0 fully saturated rings. The molecule has 2 aliphatic rings. The van der Waals surface area contributed by atoms with Crippen molar-refractivity contribution < 1.29 is 9.53 Å². The van der Waals surface area contributed by atoms with Crippen LogP contribution in [0.5, 0.6) is 5.75 Å². The van der Waals surface area contributed by atoms with Crippen LogP contribution in [0.1, 0.15) is 23.2 Å². The molecule has 0 aromatic heterocycles. The molecular formula is C12H10O2. The molecule has 1 unspecified atom stereocenters. The maximum Gasteiger partial charge on any atom is 0.196 e. The fraction of sp³-hybridized carbons (Fsp3) is 0.250. The largest absolute Gasteiger partial charge is 0.485 e. The molecule has 0 bridgehead atoms. The first-order valence-electron chi connectivity index (χ1n) is 4.87. The summed E-state index contributed by atoms with van der Waals surface area (Å²) in [4.78, 5) is 11.9. The van der Waals surface area contributed by atoms with Crippen LogP contribution in [-0.2, 0) is 0 Å². The molecule has 1 aliphatic carbocycles. The minimum Gasteiger partial charge on any atom is -0.485 e. The lowest BCUT2D eigenvalue weighted by atomic mass is 9.97. The van der Waals surface area contributed by atoms with Gasteiger partial charge in [0.2, 0.25) is 0 Å². The second-order valence-electron chi connectivity index (χ2n) is 3.67. The molecule has 1 heterocycles. The van der Waals surface area contributed by atoms with Gasteiger partial charge in [0.25, 0.3) is 0 Å². The average Bonchev–Trinajstić information content (AvgIpc) is 2.66. The number of benzene rings is 1. The van der Waals surface area contributed by atoms with Crippen LogP contribution in [0.15, 0.2) is 35.9 Å². The van der Waals surface area contributed by atoms with Crippen molar-refractivity contribution >= 4 is 5.78 Å². The summed E-state index contributed by atoms with van der Waals surface area (Å²) in [5, 5.41) is 0. The molecule has 0 spiro atoms. The number of hydrogen-bond acceptors (Lipinski definition) is 2. The number of allylic oxidation sites excluding steroid dienone is 1. The minimum absolute atomic E-state index is 0.0115. The van der Waals surface area contributed by atoms with E-state index in [0.717, 1.165) is 24.2 Å². The monoisotopic (exact) mass is 186 g/mol. The number of ketones is 1. The van der Waals surface area contributed by atoms with Gasteiger partial charge in [0.15, 0.2) is 5.78 Å². The summed E-state index contributed by atoms with van der Waals surface area (Å²) in [6.07, 6.45) is 3.91. The van der Waals surface area contributed by atoms with Gasteiger partial charge in [-0.3, -0.25) is 4.79 Å². The summed E-state index contributed by atoms with van der Waals surface area (Å²) >= 11 is 0. The van der Waals surface area contributed by atoms with Crippen LogP contribution in [0.2, 0.25) is 0 Å². The second-order valence-corrected chi connectivity index (χ2v) is 3.67. The third-order valence-corrected chi connectivity index (χ3v) is 2.80. The molecule has 0 radical (unpaired) electrons. The Bertz CT molecular complexity index is 432. The zero-order chi connectivity index (χ0) is 9.54. The molecule has 0 saturated carbocycles. The van der Waals surface area contributed by atoms with Gasteiger partial charge in [0.1, 0.15) is 11.9 Å². The Labute approximate surface area is 82.2 Å². The van der Waals surface area contributed by atoms with Gasteiger partial charge in [0, 0.05) is 5.57 Å². The van der Waals surface area contributed by atoms with E-state index in [9.17, 15) is 4.79 Å². The first kappa shape index (κ1) is 7.80. The van der Waals surface area contributed by atoms with Crippen molar-refractivity contribution in [1.29, 1.82) is 0 Å². The quantitative estimate of drug-likeness (QED) is 0.621. The summed E-state index contributed by atoms with van der Waals surface area (Å²) in [5.74, 6) is 0.885. The van der Waals surface area contributed by atoms with E-state index in [1.165, 1.54) is 0 Å². The fourth-order valence-electron chi connectivity index (χ4n) is 2.10. The first-order valence-corrected chi connectivity index (χ1v) is 4.87. The summed E-state index contributed by atoms with van der Waals surface area (Å²) in [6, 6.07) is 7.46. The van der Waals surface area contributed by atoms with Crippen molar-refractivity contribution in [2.24, 2.45) is 0 Å². The van der Waals surface area contributed by atoms with Gasteiger partial charge in [-0.2, -0.15) is 0 Å². The Kier molecular flexibility index (Phi) is 1.51. The topological polar surface area (TPSA) is 26.3 Å². The Balaban J connectivity index is 2.16. The molecule has 2 nitrogen and oxygen atoms in total. The van der Waals surface area contributed by atoms with Crippen molar-refractivity contribution in [3.05, 3.63) is 41.5 Å². The predicted molar refractivity (Wildman–Crippen MR) is 52.5 cm³/mol. The van der Waals surface area contributed by atoms with Gasteiger partial charge in [0.05, 0.1) is 5.56 Å². The molecule has 2 heteroatoms. The Morgan fingerprint density at radius 3 is 3.07 bits per heavy atom. The number of carbonyl (C=O) groups excluding carboxylic acids is 1. The van der Waals surface area contributed by atoms with Gasteiger partial charge < -0.3 is 4.74 Å². The maximum absolute atomic E-state index is 11.9. The van der Waals surface area contributed by atoms with E-state index in [1.807, 2.05) is 30.3 Å². The lowest BCUT2D eigenvalue weighted by Gasteiger charge is -2.24. The van der Waals surface area contributed by atoms with Crippen molar-refractivity contribution in [3.63, 3.8) is 0 Å². The summed E-state index contributed by atoms with van der Waals surface area (Å²) in [7, 11) is 0. The van der Waals surface area contributed by atoms with E-state index in [-0.39, 0.29) is 11.9 Å². The Hall–Kier alpha value is -1.57. The Morgan fingerprint density at radius 2 is 2.14 bits per heavy atom. The molecule has 0 N–H and O–H groups in total. The molecule has 1 aliphatic heterocycles. The summed E-state index contributed by atoms with van der Waals surface area (Å²) in [6.45, 7) is 0. The fourth-order valence-corrected chi connectivity index (χ4v) is 2.10. The number of hydrogen-bond donors (Lipinski definition) is 0. The lowest BCUT2D eigenvalue weighted by molar-refractivity contribution is 0.0966. The first-order chi connectivity index (χ1) is 6.86. The van der Waals surface area contributed by atoms with Gasteiger partial charge in [-0.1, -0.05) is 18.2 Å². The van der Waals surface area contributed by atoms with E-state index < -0.39 is 0 Å². The number of fused-ring (bicyclic) bond motifs is 2. The highest BCUT2D eigenvalue weighted by atomic mass is 16.5. The number of ether oxygens (including phenoxy) is 1. The van der Waals surface area contributed by atoms with Crippen LogP contribution < -0.4 is 4.74 Å². The summed E-state index contributed by atoms with van der Waals surface area (Å²) in [5.41, 5.74) is 1.56. The molecule has 0 saturated heterocycles. The number of carbonyl (C=O) groups is 1. The molecular weight excluding hydrogens is 176 g/mol. The highest BCUT2D eigenvalue weighted by Gasteiger charge is 2.33. The van der Waals surface area contributed by atoms with Crippen molar-refractivity contribution in [3.8, 4) is 5.75 Å². The van der Waals surface area contributed by atoms with Crippen LogP contribution in [-0.4, -0.2) is 11.9 Å². The molecule has 14 heavy (non-hydrogen) atoms. The van der Waals surface area contributed by atoms with Crippen molar-refractivity contribution in [2.75, 3.05) is 0 Å². The molecule has 1 atom stereocenters. The van der Waals surface area contributed by atoms with Gasteiger partial charge >= 0.3 is 0 Å². The predicted octanol–water partition coefficient (Wildman–Crippen LogP) is 2.35. The Morgan fingerprint density at radius 1 is 1.29 bits per heavy atom. The third kappa shape index (κ3) is 0.939. The minimum atomic E-state index is 0.0115. The van der Waals surface area contributed by atoms with Crippen LogP contribution in [0.4, 0.5) is 0 Å². The van der Waals surface area contributed by atoms with Crippen molar-refractivity contribution in [1.82, 2.24) is 0 Å². The zero-order valence-electron chi connectivity index (χ0n) is 7.69. The van der Waals surface area contributed by atoms with Gasteiger partial charge in [-0.25, -0.2) is 0 Å². The number of Topliss-reactive ketones (excluding diaryl/α,β-unsaturated/α-hetero) is 1. The molecule has 70 valence electrons. The summed E-state index contributed by atoms with van der Waals surface area (Å²) < 4.78 is 5.74. The van der Waals surface area contributed by atoms with Crippen LogP contribution in [0.25, 0.3) is 0 Å². The van der Waals surface area contributed by atoms with E-state index in [4.69, 9.17) is 4.74 Å². The third-order valence-electron chi connectivity index (χ3n) is 2.80. The van der Waals surface area contributed by atoms with Gasteiger partial charge in [-0.05, 0) is 25.0 Å². The maximum atomic E-state index is 11.9. The molecule has 3 rings (SSSR count). The van der Waals surface area contributed by atoms with Crippen molar-refractivity contribution in [2.45, 2.75) is 18.9 Å². The number of rotatable bonds is 0. The smallest absolute Gasteiger partial charge is 0.196 e. The molecule has 0 amide bonds. The normalized spacial score (nSPS) is 23.6. The highest BCUT2D eigenvalue weighted by Crippen LogP contribution is 2.35. The van der Waals surface area contributed by atoms with E-state index >= 15 is 0 Å². The zero-order valence-corrected chi connectivity index (χ0v) is 7.69. The highest BCUT2D eigenvalue weighted by molar-refractivity contribution is 6.12. The molecule has 1 aromatic rings. The second kappa shape index (κ2) is 2.71. The van der Waals surface area contributed by atoms with Crippen LogP contribution >= 0.6 is 0 Å². The molecule has 1 aromatic carbocycles. The standard InChI is InChI=1S/C12H10O2/c13-12-8-4-1-2-6-10(8)14-11-7-3-5-9(11)12/h1-2,4-6,11H,3,7H2. The lowest BCUT2D eigenvalue weighted by Crippen LogP contribution is -2.27. The van der Waals surface area contributed by atoms with E-state index in [0.29, 0.717) is 5.56 Å². The van der Waals surface area contributed by atoms with E-state index in [2.05, 4.69) is 0 Å².